The van der Waals surface area contributed by atoms with Crippen LogP contribution in [-0.4, -0.2) is 13.1 Å². The second kappa shape index (κ2) is 7.77. The molecular weight excluding hydrogens is 314 g/mol. The van der Waals surface area contributed by atoms with Crippen LogP contribution in [0.25, 0.3) is 0 Å². The number of nitrogens with one attached hydrogen (secondary N) is 2. The average Bonchev–Trinajstić information content (AvgIpc) is 2.54. The number of carbonyl (C=O) groups excluding carboxylic acids is 1. The molecule has 0 aliphatic carbocycles. The summed E-state index contributed by atoms with van der Waals surface area (Å²) in [5.74, 6) is 0.675. The third-order valence-corrected chi connectivity index (χ3v) is 3.57. The Morgan fingerprint density at radius 2 is 1.92 bits per heavy atom. The third-order valence-electron chi connectivity index (χ3n) is 3.57. The summed E-state index contributed by atoms with van der Waals surface area (Å²) in [6.07, 6.45) is -2.58. The van der Waals surface area contributed by atoms with Gasteiger partial charge in [-0.15, -0.1) is 0 Å². The van der Waals surface area contributed by atoms with Crippen LogP contribution in [0, 0.1) is 13.8 Å². The van der Waals surface area contributed by atoms with Crippen molar-refractivity contribution in [1.82, 2.24) is 5.32 Å². The first-order valence-corrected chi connectivity index (χ1v) is 7.50. The van der Waals surface area contributed by atoms with Gasteiger partial charge in [0, 0.05) is 23.9 Å². The molecule has 0 bridgehead atoms. The molecule has 0 atom stereocenters. The highest BCUT2D eigenvalue weighted by molar-refractivity contribution is 5.89. The van der Waals surface area contributed by atoms with Gasteiger partial charge >= 0.3 is 6.03 Å². The van der Waals surface area contributed by atoms with Crippen LogP contribution in [-0.2, 0) is 6.61 Å². The van der Waals surface area contributed by atoms with Gasteiger partial charge < -0.3 is 15.4 Å². The molecule has 0 aromatic heterocycles. The molecule has 0 saturated heterocycles. The maximum absolute atomic E-state index is 12.9. The second-order valence-electron chi connectivity index (χ2n) is 5.48. The van der Waals surface area contributed by atoms with Crippen LogP contribution in [0.3, 0.4) is 0 Å². The van der Waals surface area contributed by atoms with Gasteiger partial charge in [0.05, 0.1) is 0 Å². The van der Waals surface area contributed by atoms with Gasteiger partial charge in [-0.3, -0.25) is 0 Å². The van der Waals surface area contributed by atoms with Crippen molar-refractivity contribution in [2.75, 3.05) is 12.4 Å². The lowest BCUT2D eigenvalue weighted by Crippen LogP contribution is -2.25. The summed E-state index contributed by atoms with van der Waals surface area (Å²) in [6, 6.07) is 9.41. The summed E-state index contributed by atoms with van der Waals surface area (Å²) in [4.78, 5) is 11.5. The van der Waals surface area contributed by atoms with E-state index >= 15 is 0 Å². The molecule has 0 spiro atoms. The molecule has 128 valence electrons. The zero-order valence-electron chi connectivity index (χ0n) is 13.8. The number of alkyl halides is 2. The minimum Gasteiger partial charge on any atom is -0.489 e. The van der Waals surface area contributed by atoms with Gasteiger partial charge in [0.1, 0.15) is 12.4 Å². The van der Waals surface area contributed by atoms with Crippen molar-refractivity contribution in [1.29, 1.82) is 0 Å². The summed E-state index contributed by atoms with van der Waals surface area (Å²) in [6.45, 7) is 3.97. The minimum atomic E-state index is -2.58. The number of hydrogen-bond donors (Lipinski definition) is 2. The van der Waals surface area contributed by atoms with E-state index in [1.54, 1.807) is 0 Å². The molecule has 0 saturated carbocycles. The van der Waals surface area contributed by atoms with Crippen LogP contribution in [0.4, 0.5) is 19.3 Å². The number of halogens is 2. The van der Waals surface area contributed by atoms with Crippen molar-refractivity contribution in [3.63, 3.8) is 0 Å². The summed E-state index contributed by atoms with van der Waals surface area (Å²) < 4.78 is 31.6. The quantitative estimate of drug-likeness (QED) is 0.841. The summed E-state index contributed by atoms with van der Waals surface area (Å²) in [5.41, 5.74) is 2.87. The lowest BCUT2D eigenvalue weighted by molar-refractivity contribution is 0.151. The number of hydrogen-bond acceptors (Lipinski definition) is 2. The third kappa shape index (κ3) is 4.44. The van der Waals surface area contributed by atoms with Crippen molar-refractivity contribution >= 4 is 11.7 Å². The van der Waals surface area contributed by atoms with Gasteiger partial charge in [-0.05, 0) is 37.6 Å². The molecule has 2 aromatic rings. The molecule has 2 rings (SSSR count). The maximum atomic E-state index is 12.9. The first-order valence-electron chi connectivity index (χ1n) is 7.50. The number of rotatable bonds is 5. The Morgan fingerprint density at radius 1 is 1.17 bits per heavy atom. The molecule has 0 aliphatic heterocycles. The number of urea groups is 1. The Labute approximate surface area is 139 Å². The normalized spacial score (nSPS) is 10.6. The predicted octanol–water partition coefficient (Wildman–Crippen LogP) is 4.57. The van der Waals surface area contributed by atoms with Crippen LogP contribution < -0.4 is 15.4 Å². The number of anilines is 1. The SMILES string of the molecule is CNC(=O)Nc1ccc(C(F)F)cc1COc1ccc(C)cc1C. The van der Waals surface area contributed by atoms with Crippen LogP contribution in [0.2, 0.25) is 0 Å². The molecule has 2 amide bonds. The fraction of sp³-hybridized carbons (Fsp3) is 0.278. The van der Waals surface area contributed by atoms with E-state index in [1.165, 1.54) is 25.2 Å². The highest BCUT2D eigenvalue weighted by atomic mass is 19.3. The van der Waals surface area contributed by atoms with Crippen molar-refractivity contribution in [2.24, 2.45) is 0 Å². The number of benzene rings is 2. The molecule has 0 aliphatic rings. The molecule has 2 N–H and O–H groups in total. The smallest absolute Gasteiger partial charge is 0.318 e. The topological polar surface area (TPSA) is 50.4 Å². The standard InChI is InChI=1S/C18H20F2N2O2/c1-11-4-7-16(12(2)8-11)24-10-14-9-13(17(19)20)5-6-15(14)22-18(23)21-3/h4-9,17H,10H2,1-3H3,(H2,21,22,23). The minimum absolute atomic E-state index is 0.0732. The summed E-state index contributed by atoms with van der Waals surface area (Å²) in [5, 5.41) is 5.04. The van der Waals surface area contributed by atoms with E-state index in [0.717, 1.165) is 11.1 Å². The first kappa shape index (κ1) is 17.7. The van der Waals surface area contributed by atoms with Gasteiger partial charge in [0.25, 0.3) is 6.43 Å². The van der Waals surface area contributed by atoms with E-state index in [0.29, 0.717) is 17.0 Å². The highest BCUT2D eigenvalue weighted by Crippen LogP contribution is 2.27. The van der Waals surface area contributed by atoms with E-state index in [9.17, 15) is 13.6 Å². The molecule has 0 radical (unpaired) electrons. The van der Waals surface area contributed by atoms with Crippen molar-refractivity contribution in [3.8, 4) is 5.75 Å². The number of ether oxygens (including phenoxy) is 1. The molecular formula is C18H20F2N2O2. The lowest BCUT2D eigenvalue weighted by Gasteiger charge is -2.15. The maximum Gasteiger partial charge on any atom is 0.318 e. The van der Waals surface area contributed by atoms with E-state index < -0.39 is 12.5 Å². The van der Waals surface area contributed by atoms with Crippen molar-refractivity contribution in [2.45, 2.75) is 26.9 Å². The fourth-order valence-corrected chi connectivity index (χ4v) is 2.29. The Hall–Kier alpha value is -2.63. The van der Waals surface area contributed by atoms with E-state index in [2.05, 4.69) is 10.6 Å². The Bertz CT molecular complexity index is 733. The average molecular weight is 334 g/mol. The van der Waals surface area contributed by atoms with Crippen molar-refractivity contribution in [3.05, 3.63) is 58.7 Å². The molecule has 6 heteroatoms. The molecule has 2 aromatic carbocycles. The number of amides is 2. The van der Waals surface area contributed by atoms with Crippen molar-refractivity contribution < 1.29 is 18.3 Å². The number of carbonyl (C=O) groups is 1. The van der Waals surface area contributed by atoms with Crippen LogP contribution in [0.15, 0.2) is 36.4 Å². The Morgan fingerprint density at radius 3 is 2.54 bits per heavy atom. The molecule has 0 unspecified atom stereocenters. The largest absolute Gasteiger partial charge is 0.489 e. The Balaban J connectivity index is 2.24. The van der Waals surface area contributed by atoms with E-state index in [1.807, 2.05) is 32.0 Å². The summed E-state index contributed by atoms with van der Waals surface area (Å²) in [7, 11) is 1.48. The molecule has 24 heavy (non-hydrogen) atoms. The van der Waals surface area contributed by atoms with Gasteiger partial charge in [0.2, 0.25) is 0 Å². The zero-order chi connectivity index (χ0) is 17.7. The van der Waals surface area contributed by atoms with Gasteiger partial charge in [0.15, 0.2) is 0 Å². The first-order chi connectivity index (χ1) is 11.4. The molecule has 4 nitrogen and oxygen atoms in total. The predicted molar refractivity (Wildman–Crippen MR) is 89.7 cm³/mol. The van der Waals surface area contributed by atoms with Gasteiger partial charge in [-0.2, -0.15) is 0 Å². The fourth-order valence-electron chi connectivity index (χ4n) is 2.29. The van der Waals surface area contributed by atoms with Gasteiger partial charge in [-0.25, -0.2) is 13.6 Å². The van der Waals surface area contributed by atoms with E-state index in [-0.39, 0.29) is 12.2 Å². The zero-order valence-corrected chi connectivity index (χ0v) is 13.8. The Kier molecular flexibility index (Phi) is 5.73. The van der Waals surface area contributed by atoms with Gasteiger partial charge in [-0.1, -0.05) is 23.8 Å². The van der Waals surface area contributed by atoms with Crippen LogP contribution >= 0.6 is 0 Å². The molecule has 0 fully saturated rings. The monoisotopic (exact) mass is 334 g/mol. The highest BCUT2D eigenvalue weighted by Gasteiger charge is 2.13. The van der Waals surface area contributed by atoms with Crippen LogP contribution in [0.5, 0.6) is 5.75 Å². The lowest BCUT2D eigenvalue weighted by atomic mass is 10.1. The second-order valence-corrected chi connectivity index (χ2v) is 5.48. The molecule has 0 heterocycles. The van der Waals surface area contributed by atoms with E-state index in [4.69, 9.17) is 4.74 Å². The number of aryl methyl sites for hydroxylation is 2. The summed E-state index contributed by atoms with van der Waals surface area (Å²) >= 11 is 0. The van der Waals surface area contributed by atoms with Crippen LogP contribution in [0.1, 0.15) is 28.7 Å².